The zero-order chi connectivity index (χ0) is 29.9. The van der Waals surface area contributed by atoms with Crippen molar-refractivity contribution < 1.29 is 45.8 Å². The average molecular weight is 613 g/mol. The fourth-order valence-corrected chi connectivity index (χ4v) is 5.02. The summed E-state index contributed by atoms with van der Waals surface area (Å²) in [4.78, 5) is 29.5. The molecule has 1 amide bonds. The van der Waals surface area contributed by atoms with E-state index in [4.69, 9.17) is 22.1 Å². The van der Waals surface area contributed by atoms with Crippen molar-refractivity contribution in [3.63, 3.8) is 0 Å². The molecule has 0 unspecified atom stereocenters. The molecule has 0 radical (unpaired) electrons. The highest BCUT2D eigenvalue weighted by Gasteiger charge is 2.37. The number of hydrogen-bond acceptors (Lipinski definition) is 6. The molecule has 41 heavy (non-hydrogen) atoms. The van der Waals surface area contributed by atoms with Crippen LogP contribution in [0.2, 0.25) is 0 Å². The first-order chi connectivity index (χ1) is 19.2. The third-order valence-corrected chi connectivity index (χ3v) is 7.08. The van der Waals surface area contributed by atoms with Gasteiger partial charge in [-0.1, -0.05) is 30.0 Å². The Bertz CT molecular complexity index is 1490. The Morgan fingerprint density at radius 2 is 1.63 bits per heavy atom. The predicted octanol–water partition coefficient (Wildman–Crippen LogP) is 7.15. The third-order valence-electron chi connectivity index (χ3n) is 5.70. The Hall–Kier alpha value is -3.91. The molecule has 6 nitrogen and oxygen atoms in total. The Morgan fingerprint density at radius 1 is 1.00 bits per heavy atom. The lowest BCUT2D eigenvalue weighted by Gasteiger charge is -2.14. The first-order valence-corrected chi connectivity index (χ1v) is 12.9. The van der Waals surface area contributed by atoms with Gasteiger partial charge in [-0.05, 0) is 67.1 Å². The predicted molar refractivity (Wildman–Crippen MR) is 143 cm³/mol. The van der Waals surface area contributed by atoms with Crippen LogP contribution in [-0.4, -0.2) is 44.3 Å². The fourth-order valence-electron chi connectivity index (χ4n) is 3.73. The third kappa shape index (κ3) is 7.44. The molecule has 1 aliphatic rings. The second-order valence-electron chi connectivity index (χ2n) is 8.61. The van der Waals surface area contributed by atoms with Crippen LogP contribution < -0.4 is 4.74 Å². The maximum Gasteiger partial charge on any atom is 0.416 e. The number of carboxylic acid groups (broad SMARTS) is 1. The largest absolute Gasteiger partial charge is 0.494 e. The van der Waals surface area contributed by atoms with Crippen LogP contribution in [-0.2, 0) is 17.1 Å². The molecule has 0 spiro atoms. The molecule has 0 atom stereocenters. The Balaban J connectivity index is 1.46. The summed E-state index contributed by atoms with van der Waals surface area (Å²) in [5, 5.41) is 8.94. The molecule has 2 aromatic carbocycles. The maximum atomic E-state index is 13.3. The molecule has 0 bridgehead atoms. The van der Waals surface area contributed by atoms with Crippen molar-refractivity contribution in [1.29, 1.82) is 0 Å². The monoisotopic (exact) mass is 612 g/mol. The van der Waals surface area contributed by atoms with Crippen LogP contribution in [0.15, 0.2) is 65.6 Å². The number of nitrogens with zero attached hydrogens (tertiary/aromatic N) is 2. The normalized spacial score (nSPS) is 15.1. The highest BCUT2D eigenvalue weighted by Crippen LogP contribution is 2.38. The highest BCUT2D eigenvalue weighted by molar-refractivity contribution is 8.26. The van der Waals surface area contributed by atoms with E-state index in [-0.39, 0.29) is 51.0 Å². The SMILES string of the molecule is O=C(O)c1ccc(OCCCN2C(=O)/C(=C/c3cccc(-c4cc(C(F)(F)F)cc(C(F)(F)F)c4)n3)SC2=S)cc1. The van der Waals surface area contributed by atoms with E-state index < -0.39 is 35.4 Å². The number of pyridine rings is 1. The first kappa shape index (κ1) is 30.1. The summed E-state index contributed by atoms with van der Waals surface area (Å²) in [6, 6.07) is 11.2. The fraction of sp³-hybridized carbons (Fsp3) is 0.185. The molecule has 0 aliphatic carbocycles. The average Bonchev–Trinajstić information content (AvgIpc) is 3.17. The molecule has 1 N–H and O–H groups in total. The van der Waals surface area contributed by atoms with E-state index in [1.165, 1.54) is 53.4 Å². The van der Waals surface area contributed by atoms with Crippen molar-refractivity contribution in [2.75, 3.05) is 13.2 Å². The molecule has 4 rings (SSSR count). The summed E-state index contributed by atoms with van der Waals surface area (Å²) in [7, 11) is 0. The van der Waals surface area contributed by atoms with E-state index in [2.05, 4.69) is 4.98 Å². The van der Waals surface area contributed by atoms with Crippen molar-refractivity contribution in [3.8, 4) is 17.0 Å². The molecule has 214 valence electrons. The van der Waals surface area contributed by atoms with Gasteiger partial charge in [-0.2, -0.15) is 26.3 Å². The topological polar surface area (TPSA) is 79.7 Å². The van der Waals surface area contributed by atoms with Crippen LogP contribution >= 0.6 is 24.0 Å². The molecule has 1 fully saturated rings. The van der Waals surface area contributed by atoms with Gasteiger partial charge >= 0.3 is 18.3 Å². The number of halogens is 6. The summed E-state index contributed by atoms with van der Waals surface area (Å²) in [6.07, 6.45) is -8.25. The van der Waals surface area contributed by atoms with Crippen LogP contribution in [0.1, 0.15) is 33.6 Å². The Morgan fingerprint density at radius 3 is 2.22 bits per heavy atom. The number of amides is 1. The molecule has 2 heterocycles. The second kappa shape index (κ2) is 11.9. The van der Waals surface area contributed by atoms with Crippen molar-refractivity contribution in [1.82, 2.24) is 9.88 Å². The molecule has 14 heteroatoms. The lowest BCUT2D eigenvalue weighted by atomic mass is 10.0. The summed E-state index contributed by atoms with van der Waals surface area (Å²) in [5.74, 6) is -1.04. The van der Waals surface area contributed by atoms with E-state index in [1.807, 2.05) is 0 Å². The molecular formula is C27H18F6N2O4S2. The van der Waals surface area contributed by atoms with Crippen LogP contribution in [0.4, 0.5) is 26.3 Å². The summed E-state index contributed by atoms with van der Waals surface area (Å²) >= 11 is 6.27. The summed E-state index contributed by atoms with van der Waals surface area (Å²) in [6.45, 7) is 0.427. The van der Waals surface area contributed by atoms with Gasteiger partial charge in [0.25, 0.3) is 5.91 Å². The summed E-state index contributed by atoms with van der Waals surface area (Å²) < 4.78 is 85.5. The molecule has 1 saturated heterocycles. The van der Waals surface area contributed by atoms with Gasteiger partial charge in [0.1, 0.15) is 10.1 Å². The van der Waals surface area contributed by atoms with Gasteiger partial charge < -0.3 is 9.84 Å². The minimum absolute atomic E-state index is 0.0405. The number of hydrogen-bond donors (Lipinski definition) is 1. The van der Waals surface area contributed by atoms with E-state index in [1.54, 1.807) is 0 Å². The first-order valence-electron chi connectivity index (χ1n) is 11.7. The lowest BCUT2D eigenvalue weighted by molar-refractivity contribution is -0.143. The molecule has 1 aromatic heterocycles. The zero-order valence-corrected chi connectivity index (χ0v) is 22.3. The van der Waals surface area contributed by atoms with Crippen LogP contribution in [0, 0.1) is 0 Å². The molecule has 1 aliphatic heterocycles. The number of ether oxygens (including phenoxy) is 1. The van der Waals surface area contributed by atoms with Crippen molar-refractivity contribution in [2.24, 2.45) is 0 Å². The number of carboxylic acids is 1. The molecule has 0 saturated carbocycles. The number of aromatic nitrogens is 1. The zero-order valence-electron chi connectivity index (χ0n) is 20.6. The number of carbonyl (C=O) groups excluding carboxylic acids is 1. The number of thiocarbonyl (C=S) groups is 1. The van der Waals surface area contributed by atoms with Crippen molar-refractivity contribution in [3.05, 3.63) is 88.0 Å². The van der Waals surface area contributed by atoms with Crippen molar-refractivity contribution >= 4 is 46.3 Å². The number of aromatic carboxylic acids is 1. The van der Waals surface area contributed by atoms with Gasteiger partial charge in [-0.15, -0.1) is 0 Å². The molecular weight excluding hydrogens is 594 g/mol. The van der Waals surface area contributed by atoms with Crippen LogP contribution in [0.5, 0.6) is 5.75 Å². The smallest absolute Gasteiger partial charge is 0.416 e. The minimum atomic E-state index is -5.00. The van der Waals surface area contributed by atoms with Gasteiger partial charge in [0, 0.05) is 12.1 Å². The number of rotatable bonds is 8. The second-order valence-corrected chi connectivity index (χ2v) is 10.3. The molecule has 3 aromatic rings. The van der Waals surface area contributed by atoms with Gasteiger partial charge in [-0.25, -0.2) is 9.78 Å². The Labute approximate surface area is 238 Å². The summed E-state index contributed by atoms with van der Waals surface area (Å²) in [5.41, 5.74) is -3.19. The van der Waals surface area contributed by atoms with Gasteiger partial charge in [-0.3, -0.25) is 9.69 Å². The Kier molecular flexibility index (Phi) is 8.73. The number of carbonyl (C=O) groups is 2. The minimum Gasteiger partial charge on any atom is -0.494 e. The van der Waals surface area contributed by atoms with E-state index in [0.717, 1.165) is 11.8 Å². The van der Waals surface area contributed by atoms with E-state index >= 15 is 0 Å². The van der Waals surface area contributed by atoms with E-state index in [0.29, 0.717) is 24.3 Å². The number of thioether (sulfide) groups is 1. The van der Waals surface area contributed by atoms with Crippen molar-refractivity contribution in [2.45, 2.75) is 18.8 Å². The highest BCUT2D eigenvalue weighted by atomic mass is 32.2. The van der Waals surface area contributed by atoms with Crippen LogP contribution in [0.3, 0.4) is 0 Å². The quantitative estimate of drug-likeness (QED) is 0.125. The number of alkyl halides is 6. The maximum absolute atomic E-state index is 13.3. The standard InChI is InChI=1S/C27H18F6N2O4S2/c28-26(29,30)17-11-16(12-18(13-17)27(31,32)33)21-4-1-3-19(34-21)14-22-23(36)35(25(40)41-22)9-2-10-39-20-7-5-15(6-8-20)24(37)38/h1,3-8,11-14H,2,9-10H2,(H,37,38)/b22-14-. The van der Waals surface area contributed by atoms with Gasteiger partial charge in [0.05, 0.1) is 39.6 Å². The van der Waals surface area contributed by atoms with E-state index in [9.17, 15) is 35.9 Å². The number of benzene rings is 2. The lowest BCUT2D eigenvalue weighted by Crippen LogP contribution is -2.29. The van der Waals surface area contributed by atoms with Crippen LogP contribution in [0.25, 0.3) is 17.3 Å². The van der Waals surface area contributed by atoms with Gasteiger partial charge in [0.15, 0.2) is 0 Å². The van der Waals surface area contributed by atoms with Gasteiger partial charge in [0.2, 0.25) is 0 Å².